The number of amides is 1. The van der Waals surface area contributed by atoms with Crippen molar-refractivity contribution in [2.45, 2.75) is 6.04 Å². The van der Waals surface area contributed by atoms with Crippen LogP contribution in [0.15, 0.2) is 75.9 Å². The molecule has 0 unspecified atom stereocenters. The second kappa shape index (κ2) is 6.80. The molecule has 0 aliphatic carbocycles. The maximum Gasteiger partial charge on any atom is 0.297 e. The first-order valence-corrected chi connectivity index (χ1v) is 10.5. The molecule has 32 heavy (non-hydrogen) atoms. The Balaban J connectivity index is 1.64. The monoisotopic (exact) mass is 446 g/mol. The number of carbonyl (C=O) groups is 1. The molecule has 0 spiro atoms. The third-order valence-corrected chi connectivity index (χ3v) is 6.53. The fourth-order valence-electron chi connectivity index (χ4n) is 4.07. The third-order valence-electron chi connectivity index (χ3n) is 5.51. The van der Waals surface area contributed by atoms with E-state index in [9.17, 15) is 18.4 Å². The second-order valence-corrected chi connectivity index (χ2v) is 8.42. The normalized spacial score (nSPS) is 15.6. The Morgan fingerprint density at radius 2 is 1.69 bits per heavy atom. The van der Waals surface area contributed by atoms with Gasteiger partial charge in [0.05, 0.1) is 27.2 Å². The Bertz CT molecular complexity index is 1610. The minimum atomic E-state index is -0.857. The number of rotatable bonds is 2. The van der Waals surface area contributed by atoms with Gasteiger partial charge in [-0.1, -0.05) is 35.6 Å². The van der Waals surface area contributed by atoms with Gasteiger partial charge in [0.1, 0.15) is 17.2 Å². The number of hydrogen-bond donors (Lipinski definition) is 0. The number of carbonyl (C=O) groups excluding carboxylic acids is 1. The van der Waals surface area contributed by atoms with Gasteiger partial charge < -0.3 is 4.42 Å². The first-order chi connectivity index (χ1) is 15.5. The lowest BCUT2D eigenvalue weighted by Crippen LogP contribution is -2.29. The van der Waals surface area contributed by atoms with Crippen molar-refractivity contribution >= 4 is 43.6 Å². The van der Waals surface area contributed by atoms with Crippen molar-refractivity contribution in [3.05, 3.63) is 105 Å². The molecule has 1 amide bonds. The molecule has 0 radical (unpaired) electrons. The SMILES string of the molecule is O=C1c2oc3ccccc3c(=O)c2[C@H](c2ccc(F)cc2)N1c1nc2ccc(F)cc2s1. The maximum absolute atomic E-state index is 13.7. The largest absolute Gasteiger partial charge is 0.450 e. The van der Waals surface area contributed by atoms with Crippen LogP contribution in [0.5, 0.6) is 0 Å². The molecule has 0 saturated heterocycles. The number of nitrogens with zero attached hydrogens (tertiary/aromatic N) is 2. The number of hydrogen-bond acceptors (Lipinski definition) is 5. The summed E-state index contributed by atoms with van der Waals surface area (Å²) in [4.78, 5) is 32.8. The van der Waals surface area contributed by atoms with Crippen molar-refractivity contribution in [2.24, 2.45) is 0 Å². The predicted molar refractivity (Wildman–Crippen MR) is 117 cm³/mol. The standard InChI is InChI=1S/C24H12F2N2O3S/c25-13-7-5-12(6-8-13)20-19-21(29)15-3-1-2-4-17(15)31-22(19)23(30)28(20)24-27-16-10-9-14(26)11-18(16)32-24/h1-11,20H/t20-/m0/s1. The topological polar surface area (TPSA) is 63.4 Å². The van der Waals surface area contributed by atoms with Crippen LogP contribution >= 0.6 is 11.3 Å². The molecule has 6 rings (SSSR count). The summed E-state index contributed by atoms with van der Waals surface area (Å²) in [5.74, 6) is -1.46. The molecule has 1 atom stereocenters. The second-order valence-electron chi connectivity index (χ2n) is 7.41. The molecule has 0 fully saturated rings. The van der Waals surface area contributed by atoms with E-state index < -0.39 is 23.6 Å². The van der Waals surface area contributed by atoms with Gasteiger partial charge in [0, 0.05) is 0 Å². The minimum absolute atomic E-state index is 0.0755. The average molecular weight is 446 g/mol. The maximum atomic E-state index is 13.7. The van der Waals surface area contributed by atoms with E-state index in [1.54, 1.807) is 24.3 Å². The number of halogens is 2. The smallest absolute Gasteiger partial charge is 0.297 e. The first-order valence-electron chi connectivity index (χ1n) is 9.72. The molecule has 3 aromatic carbocycles. The Kier molecular flexibility index (Phi) is 4.00. The number of anilines is 1. The highest BCUT2D eigenvalue weighted by Crippen LogP contribution is 2.43. The first kappa shape index (κ1) is 18.8. The molecule has 5 aromatic rings. The molecular weight excluding hydrogens is 434 g/mol. The lowest BCUT2D eigenvalue weighted by atomic mass is 9.99. The predicted octanol–water partition coefficient (Wildman–Crippen LogP) is 5.43. The highest BCUT2D eigenvalue weighted by Gasteiger charge is 2.45. The van der Waals surface area contributed by atoms with Gasteiger partial charge in [-0.2, -0.15) is 0 Å². The van der Waals surface area contributed by atoms with Crippen molar-refractivity contribution in [1.82, 2.24) is 4.98 Å². The van der Waals surface area contributed by atoms with Crippen LogP contribution in [0.1, 0.15) is 27.7 Å². The zero-order valence-corrected chi connectivity index (χ0v) is 17.0. The van der Waals surface area contributed by atoms with E-state index in [-0.39, 0.29) is 16.8 Å². The van der Waals surface area contributed by atoms with E-state index in [1.807, 2.05) is 0 Å². The lowest BCUT2D eigenvalue weighted by Gasteiger charge is -2.22. The van der Waals surface area contributed by atoms with Gasteiger partial charge >= 0.3 is 0 Å². The summed E-state index contributed by atoms with van der Waals surface area (Å²) in [6.07, 6.45) is 0. The highest BCUT2D eigenvalue weighted by molar-refractivity contribution is 7.22. The van der Waals surface area contributed by atoms with Crippen molar-refractivity contribution < 1.29 is 18.0 Å². The Labute approximate surface area is 183 Å². The summed E-state index contributed by atoms with van der Waals surface area (Å²) in [6, 6.07) is 15.6. The van der Waals surface area contributed by atoms with Crippen LogP contribution in [-0.2, 0) is 0 Å². The summed E-state index contributed by atoms with van der Waals surface area (Å²) in [6.45, 7) is 0. The van der Waals surface area contributed by atoms with Crippen LogP contribution in [-0.4, -0.2) is 10.9 Å². The van der Waals surface area contributed by atoms with Crippen LogP contribution < -0.4 is 10.3 Å². The summed E-state index contributed by atoms with van der Waals surface area (Å²) >= 11 is 1.13. The van der Waals surface area contributed by atoms with Crippen LogP contribution in [0.25, 0.3) is 21.2 Å². The summed E-state index contributed by atoms with van der Waals surface area (Å²) in [7, 11) is 0. The quantitative estimate of drug-likeness (QED) is 0.363. The Morgan fingerprint density at radius 3 is 2.50 bits per heavy atom. The molecule has 8 heteroatoms. The summed E-state index contributed by atoms with van der Waals surface area (Å²) in [5.41, 5.74) is 1.20. The van der Waals surface area contributed by atoms with Crippen molar-refractivity contribution in [1.29, 1.82) is 0 Å². The minimum Gasteiger partial charge on any atom is -0.450 e. The molecule has 3 heterocycles. The van der Waals surface area contributed by atoms with Crippen LogP contribution in [0.2, 0.25) is 0 Å². The van der Waals surface area contributed by atoms with E-state index >= 15 is 0 Å². The van der Waals surface area contributed by atoms with E-state index in [4.69, 9.17) is 4.42 Å². The summed E-state index contributed by atoms with van der Waals surface area (Å²) < 4.78 is 33.8. The van der Waals surface area contributed by atoms with Gasteiger partial charge in [-0.25, -0.2) is 13.8 Å². The lowest BCUT2D eigenvalue weighted by molar-refractivity contribution is 0.0971. The molecule has 0 N–H and O–H groups in total. The zero-order valence-electron chi connectivity index (χ0n) is 16.2. The molecule has 2 aromatic heterocycles. The van der Waals surface area contributed by atoms with Gasteiger partial charge in [-0.3, -0.25) is 14.5 Å². The zero-order chi connectivity index (χ0) is 22.0. The fraction of sp³-hybridized carbons (Fsp3) is 0.0417. The number of aromatic nitrogens is 1. The van der Waals surface area contributed by atoms with Crippen molar-refractivity contribution in [2.75, 3.05) is 4.90 Å². The molecule has 156 valence electrons. The van der Waals surface area contributed by atoms with Crippen LogP contribution in [0.3, 0.4) is 0 Å². The highest BCUT2D eigenvalue weighted by atomic mass is 32.1. The Morgan fingerprint density at radius 1 is 0.938 bits per heavy atom. The van der Waals surface area contributed by atoms with E-state index in [2.05, 4.69) is 4.98 Å². The van der Waals surface area contributed by atoms with Gasteiger partial charge in [0.15, 0.2) is 10.6 Å². The van der Waals surface area contributed by atoms with Crippen molar-refractivity contribution in [3.8, 4) is 0 Å². The molecule has 0 bridgehead atoms. The number of para-hydroxylation sites is 1. The Hall–Kier alpha value is -3.91. The third kappa shape index (κ3) is 2.69. The average Bonchev–Trinajstić information content (AvgIpc) is 3.33. The summed E-state index contributed by atoms with van der Waals surface area (Å²) in [5, 5.41) is 0.638. The van der Waals surface area contributed by atoms with Gasteiger partial charge in [0.25, 0.3) is 5.91 Å². The van der Waals surface area contributed by atoms with Gasteiger partial charge in [-0.15, -0.1) is 0 Å². The van der Waals surface area contributed by atoms with E-state index in [0.717, 1.165) is 11.3 Å². The van der Waals surface area contributed by atoms with Crippen molar-refractivity contribution in [3.63, 3.8) is 0 Å². The fourth-order valence-corrected chi connectivity index (χ4v) is 5.08. The van der Waals surface area contributed by atoms with Crippen LogP contribution in [0, 0.1) is 11.6 Å². The molecule has 5 nitrogen and oxygen atoms in total. The van der Waals surface area contributed by atoms with E-state index in [1.165, 1.54) is 47.4 Å². The van der Waals surface area contributed by atoms with Crippen LogP contribution in [0.4, 0.5) is 13.9 Å². The van der Waals surface area contributed by atoms with Gasteiger partial charge in [-0.05, 0) is 48.0 Å². The molecule has 1 aliphatic heterocycles. The molecule has 1 aliphatic rings. The molecule has 0 saturated carbocycles. The molecular formula is C24H12F2N2O3S. The number of fused-ring (bicyclic) bond motifs is 3. The number of benzene rings is 3. The van der Waals surface area contributed by atoms with E-state index in [0.29, 0.717) is 31.9 Å². The number of thiazole rings is 1. The van der Waals surface area contributed by atoms with Gasteiger partial charge in [0.2, 0.25) is 5.76 Å².